The molecule has 3 nitrogen and oxygen atoms in total. The zero-order valence-corrected chi connectivity index (χ0v) is 24.9. The first kappa shape index (κ1) is 25.4. The molecule has 1 N–H and O–H groups in total. The summed E-state index contributed by atoms with van der Waals surface area (Å²) >= 11 is 0. The van der Waals surface area contributed by atoms with Crippen LogP contribution in [0.3, 0.4) is 0 Å². The SMILES string of the molecule is C1CCC(N2C3CCCCC3C3CC[C@@H](C4CC5C6CCCCC6O[C@@H]5C5C6CCCCC6NC45)CC32)CC1. The number of nitrogens with zero attached hydrogens (tertiary/aromatic N) is 1. The molecule has 3 aliphatic heterocycles. The summed E-state index contributed by atoms with van der Waals surface area (Å²) in [6.45, 7) is 0. The lowest BCUT2D eigenvalue weighted by atomic mass is 9.57. The molecule has 218 valence electrons. The third kappa shape index (κ3) is 4.04. The van der Waals surface area contributed by atoms with E-state index in [-0.39, 0.29) is 0 Å². The van der Waals surface area contributed by atoms with E-state index in [0.717, 1.165) is 77.6 Å². The summed E-state index contributed by atoms with van der Waals surface area (Å²) in [7, 11) is 0. The predicted octanol–water partition coefficient (Wildman–Crippen LogP) is 7.72. The normalized spacial score (nSPS) is 55.7. The monoisotopic (exact) mass is 534 g/mol. The van der Waals surface area contributed by atoms with Crippen LogP contribution in [0.4, 0.5) is 0 Å². The van der Waals surface area contributed by atoms with Gasteiger partial charge in [-0.25, -0.2) is 0 Å². The van der Waals surface area contributed by atoms with Gasteiger partial charge in [0.25, 0.3) is 0 Å². The molecule has 6 saturated carbocycles. The van der Waals surface area contributed by atoms with Gasteiger partial charge in [-0.05, 0) is 118 Å². The van der Waals surface area contributed by atoms with Gasteiger partial charge in [0.1, 0.15) is 0 Å². The minimum Gasteiger partial charge on any atom is -0.374 e. The van der Waals surface area contributed by atoms with Crippen LogP contribution >= 0.6 is 0 Å². The molecule has 9 rings (SSSR count). The van der Waals surface area contributed by atoms with Gasteiger partial charge in [0.05, 0.1) is 12.2 Å². The van der Waals surface area contributed by atoms with Crippen LogP contribution < -0.4 is 5.32 Å². The number of nitrogens with one attached hydrogen (secondary N) is 1. The number of hydrogen-bond donors (Lipinski definition) is 1. The lowest BCUT2D eigenvalue weighted by molar-refractivity contribution is -0.0633. The van der Waals surface area contributed by atoms with Crippen LogP contribution in [-0.4, -0.2) is 47.3 Å². The molecule has 39 heavy (non-hydrogen) atoms. The van der Waals surface area contributed by atoms with E-state index in [4.69, 9.17) is 4.74 Å². The second kappa shape index (κ2) is 10.3. The quantitative estimate of drug-likeness (QED) is 0.392. The standard InChI is InChI=1S/C36H58N2O/c1-2-10-23(11-3-1)38-31-16-8-5-12-24(31)25-19-18-22(20-32(25)38)28-21-29-26-13-6-9-17-33(26)39-36(29)34-27-14-4-7-15-30(27)37-35(28)34/h22-37H,1-21H2/t22-,24?,25?,26?,27?,28?,29?,30?,31?,32?,33?,34?,35?,36+/m1/s1. The van der Waals surface area contributed by atoms with E-state index in [9.17, 15) is 0 Å². The van der Waals surface area contributed by atoms with Crippen LogP contribution in [0, 0.1) is 47.3 Å². The summed E-state index contributed by atoms with van der Waals surface area (Å²) in [4.78, 5) is 3.28. The molecule has 9 fully saturated rings. The Bertz CT molecular complexity index is 885. The summed E-state index contributed by atoms with van der Waals surface area (Å²) in [6, 6.07) is 4.40. The van der Waals surface area contributed by atoms with Crippen molar-refractivity contribution in [2.75, 3.05) is 0 Å². The Kier molecular flexibility index (Phi) is 6.67. The Hall–Kier alpha value is -0.120. The fourth-order valence-corrected chi connectivity index (χ4v) is 13.9. The molecule has 3 saturated heterocycles. The Morgan fingerprint density at radius 1 is 0.513 bits per heavy atom. The van der Waals surface area contributed by atoms with E-state index in [0.29, 0.717) is 12.2 Å². The predicted molar refractivity (Wildman–Crippen MR) is 157 cm³/mol. The van der Waals surface area contributed by atoms with Gasteiger partial charge in [0.15, 0.2) is 0 Å². The van der Waals surface area contributed by atoms with Gasteiger partial charge < -0.3 is 10.1 Å². The highest BCUT2D eigenvalue weighted by molar-refractivity contribution is 5.14. The van der Waals surface area contributed by atoms with Gasteiger partial charge in [-0.2, -0.15) is 0 Å². The number of ether oxygens (including phenoxy) is 1. The fourth-order valence-electron chi connectivity index (χ4n) is 13.9. The molecule has 12 unspecified atom stereocenters. The molecule has 3 heterocycles. The Balaban J connectivity index is 1.02. The van der Waals surface area contributed by atoms with E-state index in [1.807, 2.05) is 0 Å². The average Bonchev–Trinajstić information content (AvgIpc) is 3.66. The second-order valence-electron chi connectivity index (χ2n) is 16.5. The van der Waals surface area contributed by atoms with Gasteiger partial charge in [0, 0.05) is 36.1 Å². The van der Waals surface area contributed by atoms with Gasteiger partial charge in [-0.3, -0.25) is 4.90 Å². The van der Waals surface area contributed by atoms with E-state index in [1.54, 1.807) is 25.7 Å². The second-order valence-corrected chi connectivity index (χ2v) is 16.5. The van der Waals surface area contributed by atoms with Crippen molar-refractivity contribution < 1.29 is 4.74 Å². The van der Waals surface area contributed by atoms with Crippen LogP contribution in [0.5, 0.6) is 0 Å². The van der Waals surface area contributed by atoms with Crippen molar-refractivity contribution in [2.24, 2.45) is 47.3 Å². The highest BCUT2D eigenvalue weighted by Gasteiger charge is 2.62. The third-order valence-electron chi connectivity index (χ3n) is 15.2. The summed E-state index contributed by atoms with van der Waals surface area (Å²) in [5, 5.41) is 4.43. The van der Waals surface area contributed by atoms with Crippen molar-refractivity contribution in [1.29, 1.82) is 0 Å². The minimum atomic E-state index is 0.601. The summed E-state index contributed by atoms with van der Waals surface area (Å²) < 4.78 is 7.15. The molecular weight excluding hydrogens is 476 g/mol. The van der Waals surface area contributed by atoms with Gasteiger partial charge in [-0.15, -0.1) is 0 Å². The lowest BCUT2D eigenvalue weighted by Gasteiger charge is -2.50. The number of likely N-dealkylation sites (tertiary alicyclic amines) is 1. The van der Waals surface area contributed by atoms with Crippen molar-refractivity contribution in [2.45, 2.75) is 177 Å². The van der Waals surface area contributed by atoms with Crippen molar-refractivity contribution in [3.05, 3.63) is 0 Å². The maximum Gasteiger partial charge on any atom is 0.0657 e. The maximum absolute atomic E-state index is 7.15. The lowest BCUT2D eigenvalue weighted by Crippen LogP contribution is -2.54. The number of rotatable bonds is 2. The Morgan fingerprint density at radius 3 is 2.13 bits per heavy atom. The summed E-state index contributed by atoms with van der Waals surface area (Å²) in [6.07, 6.45) is 32.7. The molecule has 0 spiro atoms. The highest BCUT2D eigenvalue weighted by atomic mass is 16.5. The molecule has 6 aliphatic carbocycles. The van der Waals surface area contributed by atoms with Crippen molar-refractivity contribution in [1.82, 2.24) is 10.2 Å². The fraction of sp³-hybridized carbons (Fsp3) is 1.00. The molecule has 9 aliphatic rings. The van der Waals surface area contributed by atoms with Crippen LogP contribution in [0.2, 0.25) is 0 Å². The molecule has 14 atom stereocenters. The van der Waals surface area contributed by atoms with Gasteiger partial charge in [0.2, 0.25) is 0 Å². The Morgan fingerprint density at radius 2 is 1.23 bits per heavy atom. The van der Waals surface area contributed by atoms with Gasteiger partial charge in [-0.1, -0.05) is 57.8 Å². The van der Waals surface area contributed by atoms with Gasteiger partial charge >= 0.3 is 0 Å². The van der Waals surface area contributed by atoms with E-state index < -0.39 is 0 Å². The third-order valence-corrected chi connectivity index (χ3v) is 15.2. The van der Waals surface area contributed by atoms with Crippen molar-refractivity contribution in [3.8, 4) is 0 Å². The topological polar surface area (TPSA) is 24.5 Å². The zero-order valence-electron chi connectivity index (χ0n) is 24.9. The largest absolute Gasteiger partial charge is 0.374 e. The first-order chi connectivity index (χ1) is 19.3. The maximum atomic E-state index is 7.15. The van der Waals surface area contributed by atoms with Crippen LogP contribution in [0.1, 0.15) is 135 Å². The van der Waals surface area contributed by atoms with E-state index >= 15 is 0 Å². The molecule has 3 heteroatoms. The molecule has 0 aromatic heterocycles. The highest BCUT2D eigenvalue weighted by Crippen LogP contribution is 2.60. The molecule has 0 bridgehead atoms. The van der Waals surface area contributed by atoms with Crippen LogP contribution in [-0.2, 0) is 4.74 Å². The number of fused-ring (bicyclic) bond motifs is 10. The number of hydrogen-bond acceptors (Lipinski definition) is 3. The summed E-state index contributed by atoms with van der Waals surface area (Å²) in [5.74, 6) is 7.54. The molecule has 0 amide bonds. The molecule has 0 aromatic rings. The zero-order chi connectivity index (χ0) is 25.5. The summed E-state index contributed by atoms with van der Waals surface area (Å²) in [5.41, 5.74) is 0. The average molecular weight is 535 g/mol. The molecular formula is C36H58N2O. The van der Waals surface area contributed by atoms with Crippen LogP contribution in [0.15, 0.2) is 0 Å². The first-order valence-corrected chi connectivity index (χ1v) is 18.5. The Labute approximate surface area is 239 Å². The van der Waals surface area contributed by atoms with E-state index in [1.165, 1.54) is 109 Å². The van der Waals surface area contributed by atoms with Crippen molar-refractivity contribution in [3.63, 3.8) is 0 Å². The minimum absolute atomic E-state index is 0.601. The first-order valence-electron chi connectivity index (χ1n) is 18.5. The smallest absolute Gasteiger partial charge is 0.0657 e. The molecule has 0 aromatic carbocycles. The van der Waals surface area contributed by atoms with E-state index in [2.05, 4.69) is 10.2 Å². The van der Waals surface area contributed by atoms with Crippen LogP contribution in [0.25, 0.3) is 0 Å². The molecule has 0 radical (unpaired) electrons. The van der Waals surface area contributed by atoms with Crippen molar-refractivity contribution >= 4 is 0 Å².